The van der Waals surface area contributed by atoms with Gasteiger partial charge in [-0.3, -0.25) is 9.59 Å². The molecule has 0 aliphatic heterocycles. The van der Waals surface area contributed by atoms with Crippen LogP contribution >= 0.6 is 0 Å². The van der Waals surface area contributed by atoms with Crippen LogP contribution in [0.2, 0.25) is 0 Å². The summed E-state index contributed by atoms with van der Waals surface area (Å²) in [7, 11) is -3.67. The number of amides is 2. The van der Waals surface area contributed by atoms with Crippen molar-refractivity contribution in [2.45, 2.75) is 55.5 Å². The van der Waals surface area contributed by atoms with Crippen molar-refractivity contribution >= 4 is 27.5 Å². The van der Waals surface area contributed by atoms with E-state index < -0.39 is 10.0 Å². The predicted octanol–water partition coefficient (Wildman–Crippen LogP) is 1.75. The number of rotatable bonds is 7. The fraction of sp³-hybridized carbons (Fsp3) is 0.421. The zero-order chi connectivity index (χ0) is 20.6. The Bertz CT molecular complexity index is 1020. The van der Waals surface area contributed by atoms with Gasteiger partial charge in [-0.2, -0.15) is 0 Å². The third-order valence-corrected chi connectivity index (χ3v) is 6.56. The zero-order valence-corrected chi connectivity index (χ0v) is 16.7. The normalized spacial score (nSPS) is 21.3. The Morgan fingerprint density at radius 1 is 1.10 bits per heavy atom. The first-order valence-corrected chi connectivity index (χ1v) is 11.0. The van der Waals surface area contributed by atoms with Gasteiger partial charge in [0.2, 0.25) is 15.9 Å². The number of carbonyl (C=O) groups excluding carboxylic acids is 2. The summed E-state index contributed by atoms with van der Waals surface area (Å²) in [6.45, 7) is 1.38. The molecule has 29 heavy (non-hydrogen) atoms. The summed E-state index contributed by atoms with van der Waals surface area (Å²) in [5.41, 5.74) is 0.788. The maximum atomic E-state index is 12.5. The second-order valence-corrected chi connectivity index (χ2v) is 9.27. The van der Waals surface area contributed by atoms with E-state index in [1.165, 1.54) is 31.2 Å². The maximum Gasteiger partial charge on any atom is 0.273 e. The van der Waals surface area contributed by atoms with Crippen molar-refractivity contribution in [1.29, 1.82) is 0 Å². The summed E-state index contributed by atoms with van der Waals surface area (Å²) in [5.74, 6) is 0.606. The molecule has 0 bridgehead atoms. The van der Waals surface area contributed by atoms with E-state index in [1.54, 1.807) is 6.07 Å². The molecule has 154 valence electrons. The van der Waals surface area contributed by atoms with E-state index in [-0.39, 0.29) is 34.5 Å². The van der Waals surface area contributed by atoms with Crippen molar-refractivity contribution < 1.29 is 22.5 Å². The van der Waals surface area contributed by atoms with Gasteiger partial charge >= 0.3 is 0 Å². The smallest absolute Gasteiger partial charge is 0.273 e. The highest BCUT2D eigenvalue weighted by molar-refractivity contribution is 7.89. The lowest BCUT2D eigenvalue weighted by Crippen LogP contribution is -2.53. The third kappa shape index (κ3) is 4.65. The van der Waals surface area contributed by atoms with Gasteiger partial charge in [0.1, 0.15) is 5.76 Å². The molecular weight excluding hydrogens is 396 g/mol. The molecule has 2 aliphatic rings. The average molecular weight is 418 g/mol. The number of benzene rings is 1. The summed E-state index contributed by atoms with van der Waals surface area (Å²) in [5, 5.41) is 9.25. The Kier molecular flexibility index (Phi) is 5.13. The van der Waals surface area contributed by atoms with E-state index in [2.05, 4.69) is 20.5 Å². The van der Waals surface area contributed by atoms with Crippen molar-refractivity contribution in [2.24, 2.45) is 0 Å². The summed E-state index contributed by atoms with van der Waals surface area (Å²) >= 11 is 0. The number of hydrogen-bond donors (Lipinski definition) is 3. The average Bonchev–Trinajstić information content (AvgIpc) is 3.36. The highest BCUT2D eigenvalue weighted by Gasteiger charge is 2.35. The maximum absolute atomic E-state index is 12.5. The molecule has 3 N–H and O–H groups in total. The monoisotopic (exact) mass is 418 g/mol. The molecule has 1 aromatic carbocycles. The molecule has 0 spiro atoms. The fourth-order valence-electron chi connectivity index (χ4n) is 3.26. The number of carbonyl (C=O) groups is 2. The van der Waals surface area contributed by atoms with Crippen LogP contribution in [0.4, 0.5) is 5.69 Å². The molecule has 1 aromatic heterocycles. The summed E-state index contributed by atoms with van der Waals surface area (Å²) in [6, 6.07) is 7.26. The van der Waals surface area contributed by atoms with Gasteiger partial charge in [-0.05, 0) is 49.9 Å². The Morgan fingerprint density at radius 2 is 1.79 bits per heavy atom. The molecule has 4 rings (SSSR count). The van der Waals surface area contributed by atoms with Crippen LogP contribution in [0, 0.1) is 0 Å². The largest absolute Gasteiger partial charge is 0.360 e. The topological polar surface area (TPSA) is 130 Å². The Hall–Kier alpha value is -2.72. The van der Waals surface area contributed by atoms with Gasteiger partial charge in [-0.25, -0.2) is 13.1 Å². The van der Waals surface area contributed by atoms with Crippen LogP contribution in [0.15, 0.2) is 39.8 Å². The van der Waals surface area contributed by atoms with Crippen molar-refractivity contribution in [1.82, 2.24) is 15.2 Å². The highest BCUT2D eigenvalue weighted by atomic mass is 32.2. The molecule has 0 saturated heterocycles. The van der Waals surface area contributed by atoms with E-state index in [9.17, 15) is 18.0 Å². The van der Waals surface area contributed by atoms with E-state index in [4.69, 9.17) is 4.52 Å². The Balaban J connectivity index is 1.27. The van der Waals surface area contributed by atoms with Gasteiger partial charge in [-0.1, -0.05) is 5.16 Å². The minimum atomic E-state index is -3.67. The fourth-order valence-corrected chi connectivity index (χ4v) is 4.52. The molecule has 1 heterocycles. The van der Waals surface area contributed by atoms with Crippen molar-refractivity contribution in [3.05, 3.63) is 41.8 Å². The van der Waals surface area contributed by atoms with Gasteiger partial charge < -0.3 is 15.2 Å². The van der Waals surface area contributed by atoms with Crippen molar-refractivity contribution in [3.8, 4) is 0 Å². The van der Waals surface area contributed by atoms with E-state index in [0.717, 1.165) is 18.6 Å². The molecule has 9 nitrogen and oxygen atoms in total. The van der Waals surface area contributed by atoms with Crippen LogP contribution in [0.25, 0.3) is 0 Å². The van der Waals surface area contributed by atoms with Crippen LogP contribution < -0.4 is 15.4 Å². The van der Waals surface area contributed by atoms with Crippen molar-refractivity contribution in [2.75, 3.05) is 5.32 Å². The second-order valence-electron chi connectivity index (χ2n) is 7.55. The summed E-state index contributed by atoms with van der Waals surface area (Å²) in [6.07, 6.45) is 3.14. The lowest BCUT2D eigenvalue weighted by molar-refractivity contribution is -0.114. The Morgan fingerprint density at radius 3 is 2.41 bits per heavy atom. The van der Waals surface area contributed by atoms with Crippen molar-refractivity contribution in [3.63, 3.8) is 0 Å². The van der Waals surface area contributed by atoms with Gasteiger partial charge in [0, 0.05) is 36.7 Å². The molecule has 0 unspecified atom stereocenters. The first kappa shape index (κ1) is 19.6. The quantitative estimate of drug-likeness (QED) is 0.628. The number of sulfonamides is 1. The number of nitrogens with zero attached hydrogens (tertiary/aromatic N) is 1. The Labute approximate surface area is 168 Å². The molecular formula is C19H22N4O5S. The first-order chi connectivity index (χ1) is 13.8. The molecule has 0 radical (unpaired) electrons. The standard InChI is InChI=1S/C19H22N4O5S/c1-11(24)20-13-4-6-16(7-5-13)29(26,27)23-15-8-14(9-15)21-19(25)17-10-18(28-22-17)12-2-3-12/h4-7,10,12,14-15,23H,2-3,8-9H2,1H3,(H,20,24)(H,21,25). The van der Waals surface area contributed by atoms with E-state index in [0.29, 0.717) is 24.4 Å². The van der Waals surface area contributed by atoms with Gasteiger partial charge in [0.15, 0.2) is 5.69 Å². The lowest BCUT2D eigenvalue weighted by atomic mass is 9.87. The molecule has 2 aromatic rings. The summed E-state index contributed by atoms with van der Waals surface area (Å²) in [4.78, 5) is 23.4. The van der Waals surface area contributed by atoms with Crippen LogP contribution in [-0.4, -0.2) is 37.5 Å². The number of hydrogen-bond acceptors (Lipinski definition) is 6. The van der Waals surface area contributed by atoms with Gasteiger partial charge in [-0.15, -0.1) is 0 Å². The zero-order valence-electron chi connectivity index (χ0n) is 15.8. The minimum absolute atomic E-state index is 0.113. The third-order valence-electron chi connectivity index (χ3n) is 5.02. The second kappa shape index (κ2) is 7.60. The van der Waals surface area contributed by atoms with Crippen LogP contribution in [0.3, 0.4) is 0 Å². The SMILES string of the molecule is CC(=O)Nc1ccc(S(=O)(=O)NC2CC(NC(=O)c3cc(C4CC4)on3)C2)cc1. The van der Waals surface area contributed by atoms with Crippen LogP contribution in [0.5, 0.6) is 0 Å². The lowest BCUT2D eigenvalue weighted by Gasteiger charge is -2.35. The van der Waals surface area contributed by atoms with E-state index in [1.807, 2.05) is 0 Å². The molecule has 2 fully saturated rings. The van der Waals surface area contributed by atoms with E-state index >= 15 is 0 Å². The first-order valence-electron chi connectivity index (χ1n) is 9.47. The highest BCUT2D eigenvalue weighted by Crippen LogP contribution is 2.40. The summed E-state index contributed by atoms with van der Waals surface area (Å²) < 4.78 is 32.8. The number of aromatic nitrogens is 1. The van der Waals surface area contributed by atoms with Crippen LogP contribution in [0.1, 0.15) is 54.8 Å². The number of anilines is 1. The predicted molar refractivity (Wildman–Crippen MR) is 104 cm³/mol. The molecule has 10 heteroatoms. The molecule has 2 aliphatic carbocycles. The molecule has 0 atom stereocenters. The van der Waals surface area contributed by atoms with Gasteiger partial charge in [0.05, 0.1) is 4.90 Å². The number of nitrogens with one attached hydrogen (secondary N) is 3. The van der Waals surface area contributed by atoms with Gasteiger partial charge in [0.25, 0.3) is 5.91 Å². The minimum Gasteiger partial charge on any atom is -0.360 e. The van der Waals surface area contributed by atoms with Crippen LogP contribution in [-0.2, 0) is 14.8 Å². The molecule has 2 amide bonds. The molecule has 2 saturated carbocycles.